The molecule has 0 heterocycles. The van der Waals surface area contributed by atoms with Crippen molar-refractivity contribution in [2.45, 2.75) is 26.3 Å². The SMILES string of the molecule is CC(C)C[C@@H](NC(=O)c1ccc2ccccc2c1)C(=O)O. The number of carbonyl (C=O) groups is 2. The van der Waals surface area contributed by atoms with E-state index in [1.807, 2.05) is 44.2 Å². The number of nitrogens with one attached hydrogen (secondary N) is 1. The van der Waals surface area contributed by atoms with Gasteiger partial charge in [0.15, 0.2) is 0 Å². The molecule has 0 spiro atoms. The van der Waals surface area contributed by atoms with Crippen LogP contribution in [0.15, 0.2) is 42.5 Å². The van der Waals surface area contributed by atoms with Crippen molar-refractivity contribution >= 4 is 22.6 Å². The van der Waals surface area contributed by atoms with Gasteiger partial charge >= 0.3 is 5.97 Å². The van der Waals surface area contributed by atoms with Gasteiger partial charge in [-0.1, -0.05) is 44.2 Å². The van der Waals surface area contributed by atoms with E-state index < -0.39 is 12.0 Å². The molecule has 1 atom stereocenters. The lowest BCUT2D eigenvalue weighted by molar-refractivity contribution is -0.139. The van der Waals surface area contributed by atoms with Crippen LogP contribution >= 0.6 is 0 Å². The Morgan fingerprint density at radius 3 is 2.38 bits per heavy atom. The van der Waals surface area contributed by atoms with Crippen molar-refractivity contribution in [3.05, 3.63) is 48.0 Å². The lowest BCUT2D eigenvalue weighted by Gasteiger charge is -2.16. The maximum Gasteiger partial charge on any atom is 0.326 e. The number of aliphatic carboxylic acids is 1. The highest BCUT2D eigenvalue weighted by Crippen LogP contribution is 2.16. The van der Waals surface area contributed by atoms with Gasteiger partial charge in [0.2, 0.25) is 0 Å². The Morgan fingerprint density at radius 1 is 1.10 bits per heavy atom. The van der Waals surface area contributed by atoms with Gasteiger partial charge in [0.05, 0.1) is 0 Å². The van der Waals surface area contributed by atoms with Crippen LogP contribution in [0.25, 0.3) is 10.8 Å². The predicted molar refractivity (Wildman–Crippen MR) is 82.3 cm³/mol. The minimum atomic E-state index is -1.00. The summed E-state index contributed by atoms with van der Waals surface area (Å²) in [4.78, 5) is 23.4. The van der Waals surface area contributed by atoms with Gasteiger partial charge in [-0.25, -0.2) is 4.79 Å². The molecule has 0 saturated heterocycles. The van der Waals surface area contributed by atoms with Gasteiger partial charge in [0.25, 0.3) is 5.91 Å². The second kappa shape index (κ2) is 6.39. The van der Waals surface area contributed by atoms with Crippen LogP contribution in [0.3, 0.4) is 0 Å². The molecule has 0 fully saturated rings. The fraction of sp³-hybridized carbons (Fsp3) is 0.294. The molecule has 0 aromatic heterocycles. The largest absolute Gasteiger partial charge is 0.480 e. The van der Waals surface area contributed by atoms with Gasteiger partial charge in [0, 0.05) is 5.56 Å². The third kappa shape index (κ3) is 3.81. The number of rotatable bonds is 5. The lowest BCUT2D eigenvalue weighted by Crippen LogP contribution is -2.41. The molecule has 0 bridgehead atoms. The summed E-state index contributed by atoms with van der Waals surface area (Å²) in [6.07, 6.45) is 0.411. The highest BCUT2D eigenvalue weighted by Gasteiger charge is 2.21. The van der Waals surface area contributed by atoms with Crippen LogP contribution in [-0.4, -0.2) is 23.0 Å². The summed E-state index contributed by atoms with van der Waals surface area (Å²) in [6.45, 7) is 3.86. The molecular weight excluding hydrogens is 266 g/mol. The second-order valence-corrected chi connectivity index (χ2v) is 5.56. The van der Waals surface area contributed by atoms with Crippen molar-refractivity contribution in [3.8, 4) is 0 Å². The zero-order valence-electron chi connectivity index (χ0n) is 12.2. The molecule has 2 N–H and O–H groups in total. The van der Waals surface area contributed by atoms with Crippen LogP contribution in [0, 0.1) is 5.92 Å². The Kier molecular flexibility index (Phi) is 4.58. The second-order valence-electron chi connectivity index (χ2n) is 5.56. The molecule has 4 nitrogen and oxygen atoms in total. The fourth-order valence-electron chi connectivity index (χ4n) is 2.27. The van der Waals surface area contributed by atoms with Gasteiger partial charge < -0.3 is 10.4 Å². The number of fused-ring (bicyclic) bond motifs is 1. The molecule has 0 aliphatic carbocycles. The molecule has 0 aliphatic heterocycles. The number of benzene rings is 2. The maximum atomic E-state index is 12.2. The minimum absolute atomic E-state index is 0.197. The van der Waals surface area contributed by atoms with E-state index in [0.29, 0.717) is 12.0 Å². The highest BCUT2D eigenvalue weighted by atomic mass is 16.4. The van der Waals surface area contributed by atoms with Crippen molar-refractivity contribution in [1.82, 2.24) is 5.32 Å². The Labute approximate surface area is 123 Å². The van der Waals surface area contributed by atoms with Gasteiger partial charge in [-0.15, -0.1) is 0 Å². The first kappa shape index (κ1) is 15.0. The smallest absolute Gasteiger partial charge is 0.326 e. The number of hydrogen-bond donors (Lipinski definition) is 2. The average Bonchev–Trinajstić information content (AvgIpc) is 2.45. The van der Waals surface area contributed by atoms with Crippen LogP contribution in [0.1, 0.15) is 30.6 Å². The number of hydrogen-bond acceptors (Lipinski definition) is 2. The van der Waals surface area contributed by atoms with Crippen molar-refractivity contribution in [3.63, 3.8) is 0 Å². The molecule has 0 radical (unpaired) electrons. The van der Waals surface area contributed by atoms with Gasteiger partial charge in [0.1, 0.15) is 6.04 Å². The first-order valence-corrected chi connectivity index (χ1v) is 7.00. The predicted octanol–water partition coefficient (Wildman–Crippen LogP) is 3.07. The standard InChI is InChI=1S/C17H19NO3/c1-11(2)9-15(17(20)21)18-16(19)14-8-7-12-5-3-4-6-13(12)10-14/h3-8,10-11,15H,9H2,1-2H3,(H,18,19)(H,20,21)/t15-/m1/s1. The summed E-state index contributed by atoms with van der Waals surface area (Å²) >= 11 is 0. The molecule has 1 amide bonds. The third-order valence-corrected chi connectivity index (χ3v) is 3.32. The minimum Gasteiger partial charge on any atom is -0.480 e. The molecule has 4 heteroatoms. The third-order valence-electron chi connectivity index (χ3n) is 3.32. The quantitative estimate of drug-likeness (QED) is 0.887. The fourth-order valence-corrected chi connectivity index (χ4v) is 2.27. The van der Waals surface area contributed by atoms with E-state index >= 15 is 0 Å². The van der Waals surface area contributed by atoms with E-state index in [9.17, 15) is 14.7 Å². The summed E-state index contributed by atoms with van der Waals surface area (Å²) in [5, 5.41) is 13.8. The molecular formula is C17H19NO3. The Balaban J connectivity index is 2.19. The summed E-state index contributed by atoms with van der Waals surface area (Å²) in [6, 6.07) is 12.2. The van der Waals surface area contributed by atoms with Crippen molar-refractivity contribution in [2.75, 3.05) is 0 Å². The lowest BCUT2D eigenvalue weighted by atomic mass is 10.0. The van der Waals surface area contributed by atoms with E-state index in [4.69, 9.17) is 0 Å². The summed E-state index contributed by atoms with van der Waals surface area (Å²) < 4.78 is 0. The van der Waals surface area contributed by atoms with E-state index in [1.165, 1.54) is 0 Å². The number of carbonyl (C=O) groups excluding carboxylic acids is 1. The monoisotopic (exact) mass is 285 g/mol. The van der Waals surface area contributed by atoms with Crippen LogP contribution < -0.4 is 5.32 Å². The van der Waals surface area contributed by atoms with Crippen molar-refractivity contribution in [2.24, 2.45) is 5.92 Å². The van der Waals surface area contributed by atoms with E-state index in [1.54, 1.807) is 12.1 Å². The first-order valence-electron chi connectivity index (χ1n) is 7.00. The topological polar surface area (TPSA) is 66.4 Å². The molecule has 0 aliphatic rings. The zero-order chi connectivity index (χ0) is 15.4. The Bertz CT molecular complexity index is 664. The van der Waals surface area contributed by atoms with Gasteiger partial charge in [-0.05, 0) is 35.2 Å². The molecule has 110 valence electrons. The van der Waals surface area contributed by atoms with Gasteiger partial charge in [-0.3, -0.25) is 4.79 Å². The van der Waals surface area contributed by atoms with Gasteiger partial charge in [-0.2, -0.15) is 0 Å². The van der Waals surface area contributed by atoms with E-state index in [-0.39, 0.29) is 11.8 Å². The molecule has 2 aromatic carbocycles. The zero-order valence-corrected chi connectivity index (χ0v) is 12.2. The highest BCUT2D eigenvalue weighted by molar-refractivity contribution is 6.00. The Morgan fingerprint density at radius 2 is 1.76 bits per heavy atom. The first-order chi connectivity index (χ1) is 9.97. The van der Waals surface area contributed by atoms with Crippen LogP contribution in [-0.2, 0) is 4.79 Å². The van der Waals surface area contributed by atoms with Crippen LogP contribution in [0.4, 0.5) is 0 Å². The van der Waals surface area contributed by atoms with Crippen LogP contribution in [0.2, 0.25) is 0 Å². The average molecular weight is 285 g/mol. The summed E-state index contributed by atoms with van der Waals surface area (Å²) in [5.74, 6) is -1.16. The normalized spacial score (nSPS) is 12.3. The molecule has 0 saturated carbocycles. The molecule has 2 rings (SSSR count). The molecule has 2 aromatic rings. The van der Waals surface area contributed by atoms with E-state index in [2.05, 4.69) is 5.32 Å². The van der Waals surface area contributed by atoms with E-state index in [0.717, 1.165) is 10.8 Å². The molecule has 0 unspecified atom stereocenters. The molecule has 21 heavy (non-hydrogen) atoms. The Hall–Kier alpha value is -2.36. The summed E-state index contributed by atoms with van der Waals surface area (Å²) in [5.41, 5.74) is 0.476. The number of carboxylic acid groups (broad SMARTS) is 1. The number of carboxylic acids is 1. The van der Waals surface area contributed by atoms with Crippen LogP contribution in [0.5, 0.6) is 0 Å². The maximum absolute atomic E-state index is 12.2. The van der Waals surface area contributed by atoms with Crippen molar-refractivity contribution in [1.29, 1.82) is 0 Å². The van der Waals surface area contributed by atoms with Crippen molar-refractivity contribution < 1.29 is 14.7 Å². The number of amides is 1. The summed E-state index contributed by atoms with van der Waals surface area (Å²) in [7, 11) is 0.